The van der Waals surface area contributed by atoms with E-state index in [0.717, 1.165) is 23.1 Å². The zero-order valence-corrected chi connectivity index (χ0v) is 10.7. The van der Waals surface area contributed by atoms with Crippen LogP contribution in [0.1, 0.15) is 16.2 Å². The number of nitrogens with zero attached hydrogens (tertiary/aromatic N) is 3. The molecule has 0 aliphatic carbocycles. The number of thioether (sulfide) groups is 1. The van der Waals surface area contributed by atoms with Crippen LogP contribution in [0, 0.1) is 0 Å². The maximum Gasteiger partial charge on any atom is 0.323 e. The predicted molar refractivity (Wildman–Crippen MR) is 64.5 cm³/mol. The summed E-state index contributed by atoms with van der Waals surface area (Å²) in [5.74, 6) is -1.36. The van der Waals surface area contributed by atoms with Crippen LogP contribution in [-0.4, -0.2) is 55.5 Å². The molecule has 1 aromatic heterocycles. The van der Waals surface area contributed by atoms with E-state index in [1.807, 2.05) is 0 Å². The minimum atomic E-state index is -1.05. The highest BCUT2D eigenvalue weighted by atomic mass is 32.2. The van der Waals surface area contributed by atoms with Crippen molar-refractivity contribution in [2.75, 3.05) is 13.1 Å². The van der Waals surface area contributed by atoms with Crippen molar-refractivity contribution in [1.29, 1.82) is 0 Å². The van der Waals surface area contributed by atoms with Crippen molar-refractivity contribution in [3.8, 4) is 0 Å². The fourth-order valence-electron chi connectivity index (χ4n) is 1.58. The van der Waals surface area contributed by atoms with E-state index in [1.165, 1.54) is 10.4 Å². The molecule has 96 valence electrons. The maximum absolute atomic E-state index is 11.8. The highest BCUT2D eigenvalue weighted by Gasteiger charge is 2.35. The van der Waals surface area contributed by atoms with Gasteiger partial charge in [-0.1, -0.05) is 23.1 Å². The first-order valence-electron chi connectivity index (χ1n) is 5.05. The fraction of sp³-hybridized carbons (Fsp3) is 0.444. The summed E-state index contributed by atoms with van der Waals surface area (Å²) in [6.45, 7) is 0.0507. The molecule has 0 bridgehead atoms. The maximum atomic E-state index is 11.8. The van der Waals surface area contributed by atoms with E-state index in [1.54, 1.807) is 0 Å². The average Bonchev–Trinajstić information content (AvgIpc) is 2.93. The molecule has 1 unspecified atom stereocenters. The van der Waals surface area contributed by atoms with E-state index in [9.17, 15) is 14.4 Å². The minimum absolute atomic E-state index is 0.254. The second kappa shape index (κ2) is 5.44. The summed E-state index contributed by atoms with van der Waals surface area (Å²) < 4.78 is 0. The molecule has 1 saturated heterocycles. The molecule has 1 atom stereocenters. The van der Waals surface area contributed by atoms with E-state index in [0.29, 0.717) is 13.0 Å². The summed E-state index contributed by atoms with van der Waals surface area (Å²) in [6.07, 6.45) is 0.474. The Morgan fingerprint density at radius 2 is 2.39 bits per heavy atom. The summed E-state index contributed by atoms with van der Waals surface area (Å²) in [4.78, 5) is 35.3. The molecule has 1 aliphatic rings. The van der Waals surface area contributed by atoms with E-state index in [-0.39, 0.29) is 22.6 Å². The van der Waals surface area contributed by atoms with Gasteiger partial charge >= 0.3 is 5.97 Å². The molecular weight excluding hydrogens is 278 g/mol. The third kappa shape index (κ3) is 2.85. The number of rotatable bonds is 4. The number of hydrogen-bond donors (Lipinski definition) is 1. The number of aliphatic carboxylic acids is 1. The van der Waals surface area contributed by atoms with Crippen molar-refractivity contribution < 1.29 is 19.5 Å². The molecule has 7 nitrogen and oxygen atoms in total. The van der Waals surface area contributed by atoms with E-state index in [2.05, 4.69) is 10.2 Å². The number of hydrogen-bond acceptors (Lipinski definition) is 7. The summed E-state index contributed by atoms with van der Waals surface area (Å²) in [7, 11) is 0. The molecule has 1 amide bonds. The lowest BCUT2D eigenvalue weighted by Gasteiger charge is -2.12. The molecule has 2 rings (SSSR count). The standard InChI is InChI=1S/C9H9N3O4S2/c13-6(14)3-12-2-1-5(8(12)15)18-9(16)7-11-10-4-17-7/h4-5H,1-3H2,(H,13,14). The van der Waals surface area contributed by atoms with Gasteiger partial charge in [0, 0.05) is 6.54 Å². The van der Waals surface area contributed by atoms with Crippen LogP contribution < -0.4 is 0 Å². The van der Waals surface area contributed by atoms with Gasteiger partial charge in [-0.25, -0.2) is 0 Å². The van der Waals surface area contributed by atoms with Gasteiger partial charge in [0.05, 0.1) is 5.25 Å². The van der Waals surface area contributed by atoms with Gasteiger partial charge < -0.3 is 10.0 Å². The third-order valence-corrected chi connectivity index (χ3v) is 4.31. The molecule has 1 aromatic rings. The Morgan fingerprint density at radius 1 is 1.61 bits per heavy atom. The van der Waals surface area contributed by atoms with E-state index >= 15 is 0 Å². The van der Waals surface area contributed by atoms with Crippen molar-refractivity contribution in [2.45, 2.75) is 11.7 Å². The summed E-state index contributed by atoms with van der Waals surface area (Å²) in [5, 5.41) is 15.3. The molecule has 9 heteroatoms. The van der Waals surface area contributed by atoms with Gasteiger partial charge in [0.1, 0.15) is 12.1 Å². The fourth-order valence-corrected chi connectivity index (χ4v) is 3.13. The molecule has 0 spiro atoms. The van der Waals surface area contributed by atoms with Crippen LogP contribution in [0.15, 0.2) is 5.51 Å². The second-order valence-electron chi connectivity index (χ2n) is 3.58. The SMILES string of the molecule is O=C(O)CN1CCC(SC(=O)c2nncs2)C1=O. The van der Waals surface area contributed by atoms with Crippen molar-refractivity contribution in [2.24, 2.45) is 0 Å². The number of carboxylic acids is 1. The lowest BCUT2D eigenvalue weighted by atomic mass is 10.4. The van der Waals surface area contributed by atoms with Crippen LogP contribution in [0.25, 0.3) is 0 Å². The molecule has 2 heterocycles. The van der Waals surface area contributed by atoms with Crippen LogP contribution >= 0.6 is 23.1 Å². The summed E-state index contributed by atoms with van der Waals surface area (Å²) in [6, 6.07) is 0. The molecule has 0 aromatic carbocycles. The Labute approximate surface area is 110 Å². The Balaban J connectivity index is 1.94. The van der Waals surface area contributed by atoms with Crippen LogP contribution in [0.4, 0.5) is 0 Å². The van der Waals surface area contributed by atoms with E-state index in [4.69, 9.17) is 5.11 Å². The number of carbonyl (C=O) groups excluding carboxylic acids is 2. The van der Waals surface area contributed by atoms with Gasteiger partial charge in [-0.2, -0.15) is 0 Å². The summed E-state index contributed by atoms with van der Waals surface area (Å²) in [5.41, 5.74) is 1.45. The first-order valence-corrected chi connectivity index (χ1v) is 6.81. The number of carbonyl (C=O) groups is 3. The van der Waals surface area contributed by atoms with Crippen LogP contribution in [0.3, 0.4) is 0 Å². The zero-order chi connectivity index (χ0) is 13.1. The molecular formula is C9H9N3O4S2. The van der Waals surface area contributed by atoms with Gasteiger partial charge in [-0.15, -0.1) is 10.2 Å². The number of aromatic nitrogens is 2. The van der Waals surface area contributed by atoms with E-state index < -0.39 is 11.2 Å². The second-order valence-corrected chi connectivity index (χ2v) is 5.59. The van der Waals surface area contributed by atoms with Gasteiger partial charge in [-0.05, 0) is 6.42 Å². The molecule has 18 heavy (non-hydrogen) atoms. The van der Waals surface area contributed by atoms with Gasteiger partial charge in [0.15, 0.2) is 5.01 Å². The topological polar surface area (TPSA) is 100 Å². The Morgan fingerprint density at radius 3 is 3.00 bits per heavy atom. The molecule has 1 N–H and O–H groups in total. The number of carboxylic acid groups (broad SMARTS) is 1. The summed E-state index contributed by atoms with van der Waals surface area (Å²) >= 11 is 2.00. The number of amides is 1. The normalized spacial score (nSPS) is 19.2. The van der Waals surface area contributed by atoms with Gasteiger partial charge in [-0.3, -0.25) is 14.4 Å². The first kappa shape index (κ1) is 13.0. The van der Waals surface area contributed by atoms with Crippen molar-refractivity contribution in [1.82, 2.24) is 15.1 Å². The molecule has 1 fully saturated rings. The van der Waals surface area contributed by atoms with Crippen LogP contribution in [0.2, 0.25) is 0 Å². The van der Waals surface area contributed by atoms with Crippen LogP contribution in [-0.2, 0) is 9.59 Å². The Bertz CT molecular complexity index is 476. The molecule has 1 aliphatic heterocycles. The smallest absolute Gasteiger partial charge is 0.323 e. The third-order valence-electron chi connectivity index (χ3n) is 2.36. The average molecular weight is 287 g/mol. The van der Waals surface area contributed by atoms with Crippen molar-refractivity contribution in [3.63, 3.8) is 0 Å². The molecule has 0 radical (unpaired) electrons. The first-order chi connectivity index (χ1) is 8.58. The predicted octanol–water partition coefficient (Wildman–Crippen LogP) is 0.0970. The quantitative estimate of drug-likeness (QED) is 0.838. The van der Waals surface area contributed by atoms with Crippen molar-refractivity contribution in [3.05, 3.63) is 10.5 Å². The Kier molecular flexibility index (Phi) is 3.92. The monoisotopic (exact) mass is 287 g/mol. The highest BCUT2D eigenvalue weighted by Crippen LogP contribution is 2.27. The number of likely N-dealkylation sites (tertiary alicyclic amines) is 1. The largest absolute Gasteiger partial charge is 0.480 e. The lowest BCUT2D eigenvalue weighted by Crippen LogP contribution is -2.33. The minimum Gasteiger partial charge on any atom is -0.480 e. The van der Waals surface area contributed by atoms with Gasteiger partial charge in [0.2, 0.25) is 5.91 Å². The van der Waals surface area contributed by atoms with Crippen molar-refractivity contribution >= 4 is 40.1 Å². The zero-order valence-electron chi connectivity index (χ0n) is 9.11. The highest BCUT2D eigenvalue weighted by molar-refractivity contribution is 8.15. The van der Waals surface area contributed by atoms with Crippen LogP contribution in [0.5, 0.6) is 0 Å². The molecule has 0 saturated carbocycles. The Hall–Kier alpha value is -1.48. The van der Waals surface area contributed by atoms with Gasteiger partial charge in [0.25, 0.3) is 5.12 Å². The lowest BCUT2D eigenvalue weighted by molar-refractivity contribution is -0.142.